The van der Waals surface area contributed by atoms with E-state index >= 15 is 0 Å². The van der Waals surface area contributed by atoms with Gasteiger partial charge in [-0.3, -0.25) is 9.88 Å². The predicted octanol–water partition coefficient (Wildman–Crippen LogP) is -0.407. The maximum absolute atomic E-state index is 12.1. The Bertz CT molecular complexity index is 636. The molecule has 2 unspecified atom stereocenters. The number of nitrogens with zero attached hydrogens (tertiary/aromatic N) is 2. The van der Waals surface area contributed by atoms with E-state index in [4.69, 9.17) is 14.6 Å². The fourth-order valence-corrected chi connectivity index (χ4v) is 2.44. The molecule has 25 heavy (non-hydrogen) atoms. The standard InChI is InChI=1S/C15H23N3O7/c1-2-3-4-7-24-15(23)17-10-5-6-18(14(22)16-10)13-12(21)11(20)9(8-19)25-13/h5-6,9,11-13,19-21H,2-4,7-8H2,1H3,(H,16,17,22,23)/t9-,11?,12?,13-/m1/s1. The molecule has 1 saturated heterocycles. The number of aliphatic hydroxyl groups excluding tert-OH is 3. The van der Waals surface area contributed by atoms with Gasteiger partial charge >= 0.3 is 11.8 Å². The van der Waals surface area contributed by atoms with Crippen LogP contribution in [0.1, 0.15) is 32.4 Å². The van der Waals surface area contributed by atoms with E-state index in [1.807, 2.05) is 6.92 Å². The van der Waals surface area contributed by atoms with Crippen LogP contribution in [0.4, 0.5) is 10.6 Å². The second-order valence-electron chi connectivity index (χ2n) is 5.70. The molecule has 4 N–H and O–H groups in total. The highest BCUT2D eigenvalue weighted by Gasteiger charge is 2.43. The first-order valence-electron chi connectivity index (χ1n) is 8.13. The predicted molar refractivity (Wildman–Crippen MR) is 86.0 cm³/mol. The highest BCUT2D eigenvalue weighted by Crippen LogP contribution is 2.28. The van der Waals surface area contributed by atoms with E-state index in [2.05, 4.69) is 10.3 Å². The van der Waals surface area contributed by atoms with Gasteiger partial charge in [0.1, 0.15) is 24.1 Å². The van der Waals surface area contributed by atoms with Crippen LogP contribution in [0.2, 0.25) is 0 Å². The molecule has 4 atom stereocenters. The number of rotatable bonds is 7. The SMILES string of the molecule is CCCCCOC(=O)Nc1ccn([C@@H]2O[C@H](CO)C(O)C2O)c(=O)n1. The Hall–Kier alpha value is -2.01. The van der Waals surface area contributed by atoms with Crippen molar-refractivity contribution >= 4 is 11.9 Å². The zero-order valence-corrected chi connectivity index (χ0v) is 13.9. The number of ether oxygens (including phenoxy) is 2. The number of unbranched alkanes of at least 4 members (excludes halogenated alkanes) is 2. The van der Waals surface area contributed by atoms with Gasteiger partial charge in [-0.1, -0.05) is 19.8 Å². The molecule has 2 heterocycles. The molecular weight excluding hydrogens is 334 g/mol. The molecule has 1 aliphatic heterocycles. The molecule has 140 valence electrons. The normalized spacial score (nSPS) is 25.8. The van der Waals surface area contributed by atoms with Crippen molar-refractivity contribution in [2.75, 3.05) is 18.5 Å². The molecule has 10 nitrogen and oxygen atoms in total. The number of nitrogens with one attached hydrogen (secondary N) is 1. The fourth-order valence-electron chi connectivity index (χ4n) is 2.44. The number of amides is 1. The second-order valence-corrected chi connectivity index (χ2v) is 5.70. The largest absolute Gasteiger partial charge is 0.449 e. The first-order valence-corrected chi connectivity index (χ1v) is 8.13. The van der Waals surface area contributed by atoms with Gasteiger partial charge in [0.2, 0.25) is 0 Å². The highest BCUT2D eigenvalue weighted by atomic mass is 16.6. The van der Waals surface area contributed by atoms with Crippen molar-refractivity contribution in [2.24, 2.45) is 0 Å². The van der Waals surface area contributed by atoms with Crippen LogP contribution in [0.15, 0.2) is 17.1 Å². The Kier molecular flexibility index (Phi) is 6.88. The van der Waals surface area contributed by atoms with Crippen LogP contribution in [0.25, 0.3) is 0 Å². The van der Waals surface area contributed by atoms with Gasteiger partial charge in [0, 0.05) is 6.20 Å². The maximum atomic E-state index is 12.1. The van der Waals surface area contributed by atoms with Crippen LogP contribution >= 0.6 is 0 Å². The summed E-state index contributed by atoms with van der Waals surface area (Å²) in [7, 11) is 0. The summed E-state index contributed by atoms with van der Waals surface area (Å²) in [5.41, 5.74) is -0.793. The third-order valence-electron chi connectivity index (χ3n) is 3.83. The molecule has 0 aliphatic carbocycles. The Morgan fingerprint density at radius 2 is 2.16 bits per heavy atom. The number of aromatic nitrogens is 2. The minimum absolute atomic E-state index is 0.00603. The summed E-state index contributed by atoms with van der Waals surface area (Å²) in [4.78, 5) is 27.3. The third-order valence-corrected chi connectivity index (χ3v) is 3.83. The number of hydrogen-bond donors (Lipinski definition) is 4. The maximum Gasteiger partial charge on any atom is 0.412 e. The van der Waals surface area contributed by atoms with Crippen molar-refractivity contribution in [2.45, 2.75) is 50.7 Å². The monoisotopic (exact) mass is 357 g/mol. The molecule has 0 aromatic carbocycles. The van der Waals surface area contributed by atoms with Crippen LogP contribution in [0, 0.1) is 0 Å². The highest BCUT2D eigenvalue weighted by molar-refractivity contribution is 5.83. The third kappa shape index (κ3) is 4.75. The van der Waals surface area contributed by atoms with Gasteiger partial charge in [-0.25, -0.2) is 9.59 Å². The average Bonchev–Trinajstić information content (AvgIpc) is 2.87. The number of hydrogen-bond acceptors (Lipinski definition) is 8. The molecule has 0 saturated carbocycles. The van der Waals surface area contributed by atoms with Crippen molar-refractivity contribution in [3.05, 3.63) is 22.7 Å². The quantitative estimate of drug-likeness (QED) is 0.482. The second kappa shape index (κ2) is 8.90. The lowest BCUT2D eigenvalue weighted by atomic mass is 10.1. The van der Waals surface area contributed by atoms with Gasteiger partial charge in [0.15, 0.2) is 6.23 Å². The van der Waals surface area contributed by atoms with Crippen molar-refractivity contribution in [3.63, 3.8) is 0 Å². The molecule has 1 amide bonds. The first-order chi connectivity index (χ1) is 12.0. The van der Waals surface area contributed by atoms with E-state index in [0.717, 1.165) is 23.8 Å². The summed E-state index contributed by atoms with van der Waals surface area (Å²) in [6.45, 7) is 1.81. The topological polar surface area (TPSA) is 143 Å². The number of carbonyl (C=O) groups excluding carboxylic acids is 1. The lowest BCUT2D eigenvalue weighted by Crippen LogP contribution is -2.36. The number of carbonyl (C=O) groups is 1. The minimum Gasteiger partial charge on any atom is -0.449 e. The van der Waals surface area contributed by atoms with E-state index in [9.17, 15) is 19.8 Å². The van der Waals surface area contributed by atoms with Crippen molar-refractivity contribution in [1.29, 1.82) is 0 Å². The average molecular weight is 357 g/mol. The van der Waals surface area contributed by atoms with Gasteiger partial charge < -0.3 is 24.8 Å². The lowest BCUT2D eigenvalue weighted by Gasteiger charge is -2.17. The van der Waals surface area contributed by atoms with Crippen LogP contribution < -0.4 is 11.0 Å². The first kappa shape index (κ1) is 19.3. The summed E-state index contributed by atoms with van der Waals surface area (Å²) in [6.07, 6.45) is -1.62. The van der Waals surface area contributed by atoms with Gasteiger partial charge in [-0.2, -0.15) is 4.98 Å². The molecule has 0 radical (unpaired) electrons. The Labute approximate surface area is 144 Å². The summed E-state index contributed by atoms with van der Waals surface area (Å²) in [5.74, 6) is -0.00603. The molecule has 0 spiro atoms. The van der Waals surface area contributed by atoms with Crippen LogP contribution in [-0.4, -0.2) is 62.5 Å². The van der Waals surface area contributed by atoms with Gasteiger partial charge in [0.25, 0.3) is 0 Å². The zero-order chi connectivity index (χ0) is 18.4. The van der Waals surface area contributed by atoms with Crippen LogP contribution in [0.5, 0.6) is 0 Å². The molecule has 1 aliphatic rings. The summed E-state index contributed by atoms with van der Waals surface area (Å²) < 4.78 is 11.2. The van der Waals surface area contributed by atoms with E-state index in [-0.39, 0.29) is 12.4 Å². The number of anilines is 1. The molecule has 1 aromatic heterocycles. The van der Waals surface area contributed by atoms with Crippen molar-refractivity contribution in [3.8, 4) is 0 Å². The van der Waals surface area contributed by atoms with Gasteiger partial charge in [0.05, 0.1) is 13.2 Å². The lowest BCUT2D eigenvalue weighted by molar-refractivity contribution is -0.0549. The summed E-state index contributed by atoms with van der Waals surface area (Å²) >= 11 is 0. The molecule has 10 heteroatoms. The van der Waals surface area contributed by atoms with Crippen LogP contribution in [0.3, 0.4) is 0 Å². The van der Waals surface area contributed by atoms with Gasteiger partial charge in [-0.05, 0) is 12.5 Å². The minimum atomic E-state index is -1.39. The van der Waals surface area contributed by atoms with E-state index in [1.54, 1.807) is 0 Å². The Morgan fingerprint density at radius 3 is 2.76 bits per heavy atom. The summed E-state index contributed by atoms with van der Waals surface area (Å²) in [6, 6.07) is 1.34. The smallest absolute Gasteiger partial charge is 0.412 e. The molecule has 1 aromatic rings. The van der Waals surface area contributed by atoms with E-state index in [0.29, 0.717) is 0 Å². The molecule has 0 bridgehead atoms. The number of aliphatic hydroxyl groups is 3. The van der Waals surface area contributed by atoms with E-state index < -0.39 is 42.9 Å². The molecule has 2 rings (SSSR count). The van der Waals surface area contributed by atoms with Crippen molar-refractivity contribution < 1.29 is 29.6 Å². The summed E-state index contributed by atoms with van der Waals surface area (Å²) in [5, 5.41) is 31.1. The molecule has 1 fully saturated rings. The van der Waals surface area contributed by atoms with Crippen molar-refractivity contribution in [1.82, 2.24) is 9.55 Å². The Morgan fingerprint density at radius 1 is 1.40 bits per heavy atom. The van der Waals surface area contributed by atoms with Gasteiger partial charge in [-0.15, -0.1) is 0 Å². The fraction of sp³-hybridized carbons (Fsp3) is 0.667. The molecular formula is C15H23N3O7. The van der Waals surface area contributed by atoms with Crippen LogP contribution in [-0.2, 0) is 9.47 Å². The Balaban J connectivity index is 1.99. The van der Waals surface area contributed by atoms with E-state index in [1.165, 1.54) is 12.3 Å². The zero-order valence-electron chi connectivity index (χ0n) is 13.9.